The predicted molar refractivity (Wildman–Crippen MR) is 61.6 cm³/mol. The summed E-state index contributed by atoms with van der Waals surface area (Å²) in [5, 5.41) is 6.08. The van der Waals surface area contributed by atoms with Crippen LogP contribution in [-0.4, -0.2) is 30.1 Å². The van der Waals surface area contributed by atoms with Crippen LogP contribution in [0, 0.1) is 17.5 Å². The van der Waals surface area contributed by atoms with Crippen molar-refractivity contribution in [1.82, 2.24) is 19.9 Å². The summed E-state index contributed by atoms with van der Waals surface area (Å²) in [7, 11) is -4.28. The van der Waals surface area contributed by atoms with E-state index in [0.29, 0.717) is 18.0 Å². The molecule has 6 nitrogen and oxygen atoms in total. The monoisotopic (exact) mass is 306 g/mol. The molecule has 0 atom stereocenters. The Labute approximate surface area is 112 Å². The van der Waals surface area contributed by atoms with Gasteiger partial charge in [-0.2, -0.15) is 5.10 Å². The maximum absolute atomic E-state index is 13.4. The number of nitrogens with one attached hydrogen (secondary N) is 2. The van der Waals surface area contributed by atoms with E-state index in [4.69, 9.17) is 0 Å². The van der Waals surface area contributed by atoms with Gasteiger partial charge in [-0.15, -0.1) is 0 Å². The molecule has 2 rings (SSSR count). The standard InChI is InChI=1S/C10H9F3N4O2S/c11-6-1-2-7(10(13)9(6)12)20(18,19)16-4-3-8-14-5-15-17-8/h1-2,5,16H,3-4H2,(H,14,15,17). The molecule has 1 aromatic carbocycles. The van der Waals surface area contributed by atoms with Crippen molar-refractivity contribution in [2.24, 2.45) is 0 Å². The molecule has 108 valence electrons. The lowest BCUT2D eigenvalue weighted by atomic mass is 10.3. The van der Waals surface area contributed by atoms with Crippen LogP contribution in [0.15, 0.2) is 23.4 Å². The van der Waals surface area contributed by atoms with E-state index in [0.717, 1.165) is 0 Å². The minimum Gasteiger partial charge on any atom is -0.263 e. The topological polar surface area (TPSA) is 87.7 Å². The number of rotatable bonds is 5. The molecular weight excluding hydrogens is 297 g/mol. The summed E-state index contributed by atoms with van der Waals surface area (Å²) in [5.41, 5.74) is 0. The Morgan fingerprint density at radius 3 is 2.60 bits per heavy atom. The Hall–Kier alpha value is -1.94. The van der Waals surface area contributed by atoms with Crippen molar-refractivity contribution >= 4 is 10.0 Å². The number of benzene rings is 1. The molecular formula is C10H9F3N4O2S. The van der Waals surface area contributed by atoms with Gasteiger partial charge in [0.1, 0.15) is 17.0 Å². The molecule has 10 heteroatoms. The van der Waals surface area contributed by atoms with Gasteiger partial charge < -0.3 is 0 Å². The summed E-state index contributed by atoms with van der Waals surface area (Å²) in [6, 6.07) is 1.20. The fraction of sp³-hybridized carbons (Fsp3) is 0.200. The molecule has 1 heterocycles. The number of H-pyrrole nitrogens is 1. The zero-order valence-corrected chi connectivity index (χ0v) is 10.7. The zero-order valence-electron chi connectivity index (χ0n) is 9.90. The summed E-state index contributed by atoms with van der Waals surface area (Å²) in [6.45, 7) is -0.101. The second-order valence-electron chi connectivity index (χ2n) is 3.75. The molecule has 2 N–H and O–H groups in total. The van der Waals surface area contributed by atoms with Crippen molar-refractivity contribution in [3.63, 3.8) is 0 Å². The van der Waals surface area contributed by atoms with E-state index < -0.39 is 32.4 Å². The van der Waals surface area contributed by atoms with Crippen molar-refractivity contribution < 1.29 is 21.6 Å². The third-order valence-electron chi connectivity index (χ3n) is 2.41. The van der Waals surface area contributed by atoms with Gasteiger partial charge >= 0.3 is 0 Å². The van der Waals surface area contributed by atoms with Crippen molar-refractivity contribution in [3.05, 3.63) is 41.7 Å². The molecule has 0 aliphatic rings. The molecule has 0 bridgehead atoms. The minimum atomic E-state index is -4.28. The Bertz CT molecular complexity index is 704. The van der Waals surface area contributed by atoms with Gasteiger partial charge in [0.25, 0.3) is 0 Å². The highest BCUT2D eigenvalue weighted by Gasteiger charge is 2.23. The van der Waals surface area contributed by atoms with E-state index >= 15 is 0 Å². The van der Waals surface area contributed by atoms with Crippen molar-refractivity contribution in [2.45, 2.75) is 11.3 Å². The van der Waals surface area contributed by atoms with Gasteiger partial charge in [0.15, 0.2) is 17.5 Å². The molecule has 0 saturated carbocycles. The van der Waals surface area contributed by atoms with Crippen molar-refractivity contribution in [1.29, 1.82) is 0 Å². The molecule has 0 amide bonds. The summed E-state index contributed by atoms with van der Waals surface area (Å²) >= 11 is 0. The number of hydrogen-bond acceptors (Lipinski definition) is 4. The van der Waals surface area contributed by atoms with Crippen LogP contribution < -0.4 is 4.72 Å². The maximum atomic E-state index is 13.4. The molecule has 0 unspecified atom stereocenters. The fourth-order valence-corrected chi connectivity index (χ4v) is 2.55. The first kappa shape index (κ1) is 14.5. The Kier molecular flexibility index (Phi) is 4.04. The minimum absolute atomic E-state index is 0.101. The summed E-state index contributed by atoms with van der Waals surface area (Å²) in [6.07, 6.45) is 1.43. The second-order valence-corrected chi connectivity index (χ2v) is 5.49. The summed E-state index contributed by atoms with van der Waals surface area (Å²) in [4.78, 5) is 2.82. The molecule has 0 aliphatic carbocycles. The highest BCUT2D eigenvalue weighted by atomic mass is 32.2. The van der Waals surface area contributed by atoms with Gasteiger partial charge in [0.2, 0.25) is 10.0 Å². The fourth-order valence-electron chi connectivity index (χ4n) is 1.45. The largest absolute Gasteiger partial charge is 0.263 e. The molecule has 0 spiro atoms. The second kappa shape index (κ2) is 5.59. The third-order valence-corrected chi connectivity index (χ3v) is 3.89. The van der Waals surface area contributed by atoms with Crippen LogP contribution in [0.25, 0.3) is 0 Å². The average Bonchev–Trinajstić information content (AvgIpc) is 2.88. The van der Waals surface area contributed by atoms with Gasteiger partial charge in [-0.3, -0.25) is 5.10 Å². The van der Waals surface area contributed by atoms with Gasteiger partial charge in [-0.05, 0) is 12.1 Å². The number of halogens is 3. The van der Waals surface area contributed by atoms with Crippen LogP contribution >= 0.6 is 0 Å². The van der Waals surface area contributed by atoms with Gasteiger partial charge in [0, 0.05) is 13.0 Å². The van der Waals surface area contributed by atoms with Crippen molar-refractivity contribution in [2.75, 3.05) is 6.54 Å². The molecule has 0 fully saturated rings. The van der Waals surface area contributed by atoms with E-state index in [2.05, 4.69) is 19.9 Å². The summed E-state index contributed by atoms with van der Waals surface area (Å²) in [5.74, 6) is -4.61. The first-order valence-corrected chi connectivity index (χ1v) is 6.87. The van der Waals surface area contributed by atoms with Crippen LogP contribution in [-0.2, 0) is 16.4 Å². The van der Waals surface area contributed by atoms with Crippen molar-refractivity contribution in [3.8, 4) is 0 Å². The SMILES string of the molecule is O=S(=O)(NCCc1ncn[nH]1)c1ccc(F)c(F)c1F. The highest BCUT2D eigenvalue weighted by molar-refractivity contribution is 7.89. The van der Waals surface area contributed by atoms with Crippen LogP contribution in [0.3, 0.4) is 0 Å². The van der Waals surface area contributed by atoms with Gasteiger partial charge in [0.05, 0.1) is 0 Å². The first-order chi connectivity index (χ1) is 9.42. The molecule has 20 heavy (non-hydrogen) atoms. The normalized spacial score (nSPS) is 11.8. The molecule has 1 aromatic heterocycles. The number of aromatic amines is 1. The number of aromatic nitrogens is 3. The van der Waals surface area contributed by atoms with E-state index in [1.54, 1.807) is 0 Å². The number of nitrogens with zero attached hydrogens (tertiary/aromatic N) is 2. The Morgan fingerprint density at radius 2 is 1.95 bits per heavy atom. The van der Waals surface area contributed by atoms with Gasteiger partial charge in [-0.1, -0.05) is 0 Å². The highest BCUT2D eigenvalue weighted by Crippen LogP contribution is 2.19. The third kappa shape index (κ3) is 2.96. The van der Waals surface area contributed by atoms with E-state index in [1.165, 1.54) is 6.33 Å². The Balaban J connectivity index is 2.12. The van der Waals surface area contributed by atoms with E-state index in [1.807, 2.05) is 0 Å². The van der Waals surface area contributed by atoms with Gasteiger partial charge in [-0.25, -0.2) is 31.3 Å². The molecule has 0 radical (unpaired) electrons. The number of hydrogen-bond donors (Lipinski definition) is 2. The first-order valence-electron chi connectivity index (χ1n) is 5.39. The van der Waals surface area contributed by atoms with Crippen LogP contribution in [0.1, 0.15) is 5.82 Å². The Morgan fingerprint density at radius 1 is 1.20 bits per heavy atom. The van der Waals surface area contributed by atoms with E-state index in [-0.39, 0.29) is 13.0 Å². The lowest BCUT2D eigenvalue weighted by Gasteiger charge is -2.07. The average molecular weight is 306 g/mol. The smallest absolute Gasteiger partial charge is 0.243 e. The van der Waals surface area contributed by atoms with E-state index in [9.17, 15) is 21.6 Å². The lowest BCUT2D eigenvalue weighted by molar-refractivity contribution is 0.431. The van der Waals surface area contributed by atoms with Crippen LogP contribution in [0.5, 0.6) is 0 Å². The number of sulfonamides is 1. The maximum Gasteiger partial charge on any atom is 0.243 e. The zero-order chi connectivity index (χ0) is 14.8. The molecule has 2 aromatic rings. The molecule has 0 aliphatic heterocycles. The quantitative estimate of drug-likeness (QED) is 0.798. The van der Waals surface area contributed by atoms with Crippen LogP contribution in [0.4, 0.5) is 13.2 Å². The van der Waals surface area contributed by atoms with Crippen LogP contribution in [0.2, 0.25) is 0 Å². The molecule has 0 saturated heterocycles. The summed E-state index contributed by atoms with van der Waals surface area (Å²) < 4.78 is 64.7. The lowest BCUT2D eigenvalue weighted by Crippen LogP contribution is -2.27. The predicted octanol–water partition coefficient (Wildman–Crippen LogP) is 0.743.